The van der Waals surface area contributed by atoms with E-state index in [0.717, 1.165) is 10.5 Å². The summed E-state index contributed by atoms with van der Waals surface area (Å²) in [6.07, 6.45) is 5.16. The highest BCUT2D eigenvalue weighted by Gasteiger charge is 2.30. The first-order valence-corrected chi connectivity index (χ1v) is 4.10. The molecular weight excluding hydrogens is 182 g/mol. The number of hydrogen-bond donors (Lipinski definition) is 0. The molecule has 0 unspecified atom stereocenters. The lowest BCUT2D eigenvalue weighted by molar-refractivity contribution is 0.0907. The third-order valence-corrected chi connectivity index (χ3v) is 2.33. The first-order valence-electron chi connectivity index (χ1n) is 3.70. The maximum Gasteiger partial charge on any atom is 0.271 e. The molecule has 13 heavy (non-hydrogen) atoms. The topological polar surface area (TPSA) is 20.3 Å². The molecule has 1 aliphatic rings. The summed E-state index contributed by atoms with van der Waals surface area (Å²) >= 11 is 5.03. The van der Waals surface area contributed by atoms with Crippen molar-refractivity contribution in [2.24, 2.45) is 0 Å². The Morgan fingerprint density at radius 2 is 1.92 bits per heavy atom. The van der Waals surface area contributed by atoms with Crippen LogP contribution in [0.1, 0.15) is 15.9 Å². The van der Waals surface area contributed by atoms with Gasteiger partial charge in [-0.25, -0.2) is 4.90 Å². The van der Waals surface area contributed by atoms with E-state index in [1.165, 1.54) is 0 Å². The number of nitrogens with zero attached hydrogens (tertiary/aromatic N) is 1. The molecule has 0 saturated carbocycles. The van der Waals surface area contributed by atoms with Crippen molar-refractivity contribution in [2.45, 2.75) is 0 Å². The van der Waals surface area contributed by atoms with Gasteiger partial charge < -0.3 is 0 Å². The smallest absolute Gasteiger partial charge is 0.268 e. The van der Waals surface area contributed by atoms with Crippen LogP contribution in [0.25, 0.3) is 0 Å². The van der Waals surface area contributed by atoms with Crippen molar-refractivity contribution in [3.8, 4) is 12.5 Å². The van der Waals surface area contributed by atoms with Gasteiger partial charge in [0.2, 0.25) is 0 Å². The van der Waals surface area contributed by atoms with Gasteiger partial charge in [-0.15, -0.1) is 0 Å². The summed E-state index contributed by atoms with van der Waals surface area (Å²) in [5.41, 5.74) is 1.34. The molecule has 1 amide bonds. The normalized spacial score (nSPS) is 14.2. The summed E-state index contributed by atoms with van der Waals surface area (Å²) in [5.74, 6) is -0.205. The lowest BCUT2D eigenvalue weighted by atomic mass is 10.1. The van der Waals surface area contributed by atoms with E-state index in [9.17, 15) is 4.79 Å². The van der Waals surface area contributed by atoms with Crippen LogP contribution < -0.4 is 0 Å². The molecule has 62 valence electrons. The van der Waals surface area contributed by atoms with Gasteiger partial charge in [0, 0.05) is 11.6 Å². The summed E-state index contributed by atoms with van der Waals surface area (Å²) in [6.45, 7) is 0. The molecule has 0 radical (unpaired) electrons. The monoisotopic (exact) mass is 187 g/mol. The van der Waals surface area contributed by atoms with Crippen LogP contribution in [-0.4, -0.2) is 15.8 Å². The molecule has 1 aromatic rings. The van der Waals surface area contributed by atoms with Gasteiger partial charge in [-0.1, -0.05) is 36.8 Å². The van der Waals surface area contributed by atoms with Crippen molar-refractivity contribution in [2.75, 3.05) is 0 Å². The Bertz CT molecular complexity index is 409. The molecule has 0 N–H and O–H groups in total. The number of amides is 1. The Labute approximate surface area is 81.2 Å². The maximum atomic E-state index is 11.5. The van der Waals surface area contributed by atoms with E-state index in [2.05, 4.69) is 6.04 Å². The predicted octanol–water partition coefficient (Wildman–Crippen LogP) is 1.41. The molecule has 0 spiro atoms. The van der Waals surface area contributed by atoms with Crippen molar-refractivity contribution < 1.29 is 4.79 Å². The van der Waals surface area contributed by atoms with E-state index in [1.807, 2.05) is 6.07 Å². The van der Waals surface area contributed by atoms with Gasteiger partial charge in [-0.05, 0) is 6.07 Å². The van der Waals surface area contributed by atoms with Gasteiger partial charge in [0.15, 0.2) is 0 Å². The average Bonchev–Trinajstić information content (AvgIpc) is 2.41. The number of rotatable bonds is 0. The van der Waals surface area contributed by atoms with E-state index in [-0.39, 0.29) is 5.91 Å². The molecule has 2 nitrogen and oxygen atoms in total. The number of carbonyl (C=O) groups excluding carboxylic acids is 1. The Morgan fingerprint density at radius 1 is 1.31 bits per heavy atom. The molecule has 3 heteroatoms. The highest BCUT2D eigenvalue weighted by atomic mass is 32.1. The van der Waals surface area contributed by atoms with Gasteiger partial charge >= 0.3 is 0 Å². The molecule has 1 heterocycles. The number of benzene rings is 1. The summed E-state index contributed by atoms with van der Waals surface area (Å²) in [7, 11) is 0. The summed E-state index contributed by atoms with van der Waals surface area (Å²) in [4.78, 5) is 13.1. The van der Waals surface area contributed by atoms with Crippen LogP contribution in [0.2, 0.25) is 0 Å². The quantitative estimate of drug-likeness (QED) is 0.452. The van der Waals surface area contributed by atoms with E-state index >= 15 is 0 Å². The van der Waals surface area contributed by atoms with Crippen LogP contribution in [0.4, 0.5) is 0 Å². The Hall–Kier alpha value is -1.66. The molecule has 0 atom stereocenters. The van der Waals surface area contributed by atoms with Crippen molar-refractivity contribution in [1.29, 1.82) is 0 Å². The summed E-state index contributed by atoms with van der Waals surface area (Å²) in [5, 5.41) is 0. The van der Waals surface area contributed by atoms with Crippen molar-refractivity contribution in [3.05, 3.63) is 35.4 Å². The zero-order valence-electron chi connectivity index (χ0n) is 6.65. The maximum absolute atomic E-state index is 11.5. The van der Waals surface area contributed by atoms with E-state index in [4.69, 9.17) is 18.6 Å². The van der Waals surface area contributed by atoms with Crippen molar-refractivity contribution in [1.82, 2.24) is 4.90 Å². The predicted molar refractivity (Wildman–Crippen MR) is 53.1 cm³/mol. The number of thiocarbonyl (C=S) groups is 1. The minimum Gasteiger partial charge on any atom is -0.268 e. The number of hydrogen-bond acceptors (Lipinski definition) is 2. The molecule has 0 saturated heterocycles. The summed E-state index contributed by atoms with van der Waals surface area (Å²) < 4.78 is 0. The second kappa shape index (κ2) is 2.68. The van der Waals surface area contributed by atoms with Gasteiger partial charge in [0.25, 0.3) is 5.91 Å². The second-order valence-electron chi connectivity index (χ2n) is 2.62. The minimum absolute atomic E-state index is 0.205. The fraction of sp³-hybridized carbons (Fsp3) is 0. The zero-order chi connectivity index (χ0) is 9.42. The van der Waals surface area contributed by atoms with Gasteiger partial charge in [-0.2, -0.15) is 0 Å². The minimum atomic E-state index is -0.205. The first kappa shape index (κ1) is 7.96. The highest BCUT2D eigenvalue weighted by molar-refractivity contribution is 7.80. The van der Waals surface area contributed by atoms with E-state index in [1.54, 1.807) is 18.2 Å². The van der Waals surface area contributed by atoms with Crippen LogP contribution in [0.3, 0.4) is 0 Å². The average molecular weight is 187 g/mol. The highest BCUT2D eigenvalue weighted by Crippen LogP contribution is 2.22. The van der Waals surface area contributed by atoms with Gasteiger partial charge in [0.1, 0.15) is 4.99 Å². The fourth-order valence-corrected chi connectivity index (χ4v) is 1.62. The van der Waals surface area contributed by atoms with Gasteiger partial charge in [-0.3, -0.25) is 4.79 Å². The summed E-state index contributed by atoms with van der Waals surface area (Å²) in [6, 6.07) is 9.40. The number of carbonyl (C=O) groups is 1. The second-order valence-corrected chi connectivity index (χ2v) is 3.01. The third-order valence-electron chi connectivity index (χ3n) is 1.92. The lowest BCUT2D eigenvalue weighted by Crippen LogP contribution is -2.22. The van der Waals surface area contributed by atoms with Crippen molar-refractivity contribution in [3.63, 3.8) is 0 Å². The molecule has 1 aliphatic heterocycles. The van der Waals surface area contributed by atoms with Crippen molar-refractivity contribution >= 4 is 23.1 Å². The number of fused-ring (bicyclic) bond motifs is 1. The number of terminal acetylenes is 1. The lowest BCUT2D eigenvalue weighted by Gasteiger charge is -2.03. The van der Waals surface area contributed by atoms with Crippen LogP contribution in [-0.2, 0) is 0 Å². The zero-order valence-corrected chi connectivity index (χ0v) is 7.47. The Morgan fingerprint density at radius 3 is 2.46 bits per heavy atom. The third kappa shape index (κ3) is 0.962. The Kier molecular flexibility index (Phi) is 1.64. The standard InChI is InChI=1S/C10H5NOS/c1-2-11-9(12)7-5-3-4-6-8(7)10(11)13/h1,3-6H. The van der Waals surface area contributed by atoms with Crippen LogP contribution in [0.5, 0.6) is 0 Å². The van der Waals surface area contributed by atoms with Gasteiger partial charge in [0.05, 0.1) is 5.56 Å². The first-order chi connectivity index (χ1) is 6.25. The fourth-order valence-electron chi connectivity index (χ4n) is 1.31. The SMILES string of the molecule is C#CN1C(=O)c2ccccc2C1=S. The molecule has 2 rings (SSSR count). The van der Waals surface area contributed by atoms with E-state index in [0.29, 0.717) is 10.6 Å². The molecule has 0 fully saturated rings. The van der Waals surface area contributed by atoms with Crippen LogP contribution in [0.15, 0.2) is 24.3 Å². The largest absolute Gasteiger partial charge is 0.271 e. The molecule has 0 aromatic heterocycles. The molecule has 0 bridgehead atoms. The molecular formula is C10H5NOS. The van der Waals surface area contributed by atoms with Crippen LogP contribution in [0, 0.1) is 12.5 Å². The molecule has 1 aromatic carbocycles. The van der Waals surface area contributed by atoms with E-state index < -0.39 is 0 Å². The van der Waals surface area contributed by atoms with Crippen LogP contribution >= 0.6 is 12.2 Å². The Balaban J connectivity index is 2.65. The molecule has 0 aliphatic carbocycles.